The van der Waals surface area contributed by atoms with Gasteiger partial charge in [-0.1, -0.05) is 6.07 Å². The van der Waals surface area contributed by atoms with E-state index in [1.165, 1.54) is 18.2 Å². The summed E-state index contributed by atoms with van der Waals surface area (Å²) in [5, 5.41) is 2.70. The third-order valence-corrected chi connectivity index (χ3v) is 1.99. The maximum atomic E-state index is 12.9. The molecule has 7 heteroatoms. The minimum absolute atomic E-state index is 0.0000463. The minimum Gasteiger partial charge on any atom is -0.424 e. The monoisotopic (exact) mass is 254 g/mol. The van der Waals surface area contributed by atoms with E-state index in [1.807, 2.05) is 0 Å². The summed E-state index contributed by atoms with van der Waals surface area (Å²) < 4.78 is 18.2. The predicted molar refractivity (Wildman–Crippen MR) is 60.9 cm³/mol. The molecule has 0 fully saturated rings. The lowest BCUT2D eigenvalue weighted by Crippen LogP contribution is -2.01. The SMILES string of the molecule is CNc1nc(Cl)nc(Oc2cccc(F)c2)n1. The summed E-state index contributed by atoms with van der Waals surface area (Å²) in [5.41, 5.74) is 0. The first kappa shape index (κ1) is 11.5. The van der Waals surface area contributed by atoms with Gasteiger partial charge in [-0.3, -0.25) is 0 Å². The number of nitrogens with zero attached hydrogens (tertiary/aromatic N) is 3. The molecule has 0 unspecified atom stereocenters. The average molecular weight is 255 g/mol. The zero-order valence-electron chi connectivity index (χ0n) is 8.82. The molecule has 1 aromatic heterocycles. The van der Waals surface area contributed by atoms with E-state index in [-0.39, 0.29) is 23.0 Å². The van der Waals surface area contributed by atoms with Gasteiger partial charge >= 0.3 is 6.01 Å². The minimum atomic E-state index is -0.406. The summed E-state index contributed by atoms with van der Waals surface area (Å²) >= 11 is 5.67. The Balaban J connectivity index is 2.26. The highest BCUT2D eigenvalue weighted by atomic mass is 35.5. The van der Waals surface area contributed by atoms with Crippen molar-refractivity contribution in [3.63, 3.8) is 0 Å². The standard InChI is InChI=1S/C10H8ClFN4O/c1-13-9-14-8(11)15-10(16-9)17-7-4-2-3-6(12)5-7/h2-5H,1H3,(H,13,14,15,16). The lowest BCUT2D eigenvalue weighted by atomic mass is 10.3. The van der Waals surface area contributed by atoms with E-state index >= 15 is 0 Å². The molecule has 17 heavy (non-hydrogen) atoms. The van der Waals surface area contributed by atoms with Crippen molar-refractivity contribution in [2.45, 2.75) is 0 Å². The van der Waals surface area contributed by atoms with E-state index in [2.05, 4.69) is 20.3 Å². The van der Waals surface area contributed by atoms with E-state index in [4.69, 9.17) is 16.3 Å². The maximum Gasteiger partial charge on any atom is 0.328 e. The van der Waals surface area contributed by atoms with E-state index in [9.17, 15) is 4.39 Å². The molecule has 0 aliphatic heterocycles. The summed E-state index contributed by atoms with van der Waals surface area (Å²) in [6.07, 6.45) is 0. The lowest BCUT2D eigenvalue weighted by molar-refractivity contribution is 0.436. The number of rotatable bonds is 3. The molecule has 1 N–H and O–H groups in total. The van der Waals surface area contributed by atoms with E-state index in [0.29, 0.717) is 0 Å². The fourth-order valence-corrected chi connectivity index (χ4v) is 1.28. The Kier molecular flexibility index (Phi) is 3.34. The number of halogens is 2. The van der Waals surface area contributed by atoms with Gasteiger partial charge in [-0.2, -0.15) is 15.0 Å². The second-order valence-electron chi connectivity index (χ2n) is 3.02. The maximum absolute atomic E-state index is 12.9. The molecular formula is C10H8ClFN4O. The van der Waals surface area contributed by atoms with Gasteiger partial charge in [-0.25, -0.2) is 4.39 Å². The molecule has 1 heterocycles. The van der Waals surface area contributed by atoms with Crippen LogP contribution in [0.25, 0.3) is 0 Å². The number of aromatic nitrogens is 3. The van der Waals surface area contributed by atoms with E-state index in [0.717, 1.165) is 0 Å². The molecule has 2 rings (SSSR count). The van der Waals surface area contributed by atoms with Crippen LogP contribution < -0.4 is 10.1 Å². The van der Waals surface area contributed by atoms with Gasteiger partial charge in [0.1, 0.15) is 11.6 Å². The van der Waals surface area contributed by atoms with Crippen molar-refractivity contribution in [3.05, 3.63) is 35.4 Å². The van der Waals surface area contributed by atoms with Crippen LogP contribution >= 0.6 is 11.6 Å². The summed E-state index contributed by atoms with van der Waals surface area (Å²) in [6, 6.07) is 5.63. The Labute approximate surface area is 102 Å². The fraction of sp³-hybridized carbons (Fsp3) is 0.100. The second-order valence-corrected chi connectivity index (χ2v) is 3.36. The fourth-order valence-electron chi connectivity index (χ4n) is 1.13. The Morgan fingerprint density at radius 2 is 2.12 bits per heavy atom. The number of hydrogen-bond acceptors (Lipinski definition) is 5. The summed E-state index contributed by atoms with van der Waals surface area (Å²) in [5.74, 6) is 0.155. The average Bonchev–Trinajstić information content (AvgIpc) is 2.28. The van der Waals surface area contributed by atoms with Crippen molar-refractivity contribution in [1.82, 2.24) is 15.0 Å². The molecule has 0 amide bonds. The number of hydrogen-bond donors (Lipinski definition) is 1. The Morgan fingerprint density at radius 3 is 2.82 bits per heavy atom. The highest BCUT2D eigenvalue weighted by molar-refractivity contribution is 6.28. The van der Waals surface area contributed by atoms with Crippen LogP contribution in [0.4, 0.5) is 10.3 Å². The first-order valence-corrected chi connectivity index (χ1v) is 5.08. The van der Waals surface area contributed by atoms with Crippen LogP contribution in [-0.2, 0) is 0 Å². The topological polar surface area (TPSA) is 59.9 Å². The van der Waals surface area contributed by atoms with Crippen molar-refractivity contribution in [2.24, 2.45) is 0 Å². The van der Waals surface area contributed by atoms with Gasteiger partial charge in [0.25, 0.3) is 0 Å². The van der Waals surface area contributed by atoms with Crippen LogP contribution in [0, 0.1) is 5.82 Å². The molecule has 0 radical (unpaired) electrons. The third kappa shape index (κ3) is 3.01. The van der Waals surface area contributed by atoms with Crippen molar-refractivity contribution >= 4 is 17.5 Å². The highest BCUT2D eigenvalue weighted by Crippen LogP contribution is 2.20. The normalized spacial score (nSPS) is 10.1. The molecule has 1 aromatic carbocycles. The van der Waals surface area contributed by atoms with Crippen LogP contribution in [0.1, 0.15) is 0 Å². The number of benzene rings is 1. The van der Waals surface area contributed by atoms with Crippen LogP contribution in [0.15, 0.2) is 24.3 Å². The number of anilines is 1. The van der Waals surface area contributed by atoms with Crippen molar-refractivity contribution in [2.75, 3.05) is 12.4 Å². The van der Waals surface area contributed by atoms with Gasteiger partial charge in [0.05, 0.1) is 0 Å². The smallest absolute Gasteiger partial charge is 0.328 e. The first-order valence-electron chi connectivity index (χ1n) is 4.70. The molecule has 88 valence electrons. The van der Waals surface area contributed by atoms with Gasteiger partial charge in [-0.15, -0.1) is 0 Å². The Bertz CT molecular complexity index is 537. The highest BCUT2D eigenvalue weighted by Gasteiger charge is 2.06. The van der Waals surface area contributed by atoms with E-state index < -0.39 is 5.82 Å². The first-order chi connectivity index (χ1) is 8.17. The quantitative estimate of drug-likeness (QED) is 0.912. The van der Waals surface area contributed by atoms with Crippen molar-refractivity contribution in [3.8, 4) is 11.8 Å². The molecule has 0 atom stereocenters. The lowest BCUT2D eigenvalue weighted by Gasteiger charge is -2.05. The Morgan fingerprint density at radius 1 is 1.29 bits per heavy atom. The van der Waals surface area contributed by atoms with Gasteiger partial charge < -0.3 is 10.1 Å². The molecule has 0 aliphatic carbocycles. The molecule has 0 spiro atoms. The van der Waals surface area contributed by atoms with Gasteiger partial charge in [0.15, 0.2) is 0 Å². The van der Waals surface area contributed by atoms with E-state index in [1.54, 1.807) is 13.1 Å². The molecule has 0 saturated carbocycles. The van der Waals surface area contributed by atoms with Crippen LogP contribution in [-0.4, -0.2) is 22.0 Å². The largest absolute Gasteiger partial charge is 0.424 e. The third-order valence-electron chi connectivity index (χ3n) is 1.82. The molecule has 0 bridgehead atoms. The second kappa shape index (κ2) is 4.92. The van der Waals surface area contributed by atoms with Crippen LogP contribution in [0.2, 0.25) is 5.28 Å². The molecule has 0 saturated heterocycles. The molecular weight excluding hydrogens is 247 g/mol. The summed E-state index contributed by atoms with van der Waals surface area (Å²) in [6.45, 7) is 0. The molecule has 5 nitrogen and oxygen atoms in total. The summed E-state index contributed by atoms with van der Waals surface area (Å²) in [4.78, 5) is 11.5. The predicted octanol–water partition coefficient (Wildman–Crippen LogP) is 2.50. The van der Waals surface area contributed by atoms with Crippen molar-refractivity contribution < 1.29 is 9.13 Å². The zero-order valence-corrected chi connectivity index (χ0v) is 9.57. The van der Waals surface area contributed by atoms with Crippen LogP contribution in [0.3, 0.4) is 0 Å². The number of nitrogens with one attached hydrogen (secondary N) is 1. The van der Waals surface area contributed by atoms with Crippen molar-refractivity contribution in [1.29, 1.82) is 0 Å². The zero-order chi connectivity index (χ0) is 12.3. The Hall–Kier alpha value is -1.95. The van der Waals surface area contributed by atoms with Crippen LogP contribution in [0.5, 0.6) is 11.8 Å². The van der Waals surface area contributed by atoms with Gasteiger partial charge in [0.2, 0.25) is 11.2 Å². The van der Waals surface area contributed by atoms with Gasteiger partial charge in [0, 0.05) is 13.1 Å². The number of ether oxygens (including phenoxy) is 1. The summed E-state index contributed by atoms with van der Waals surface area (Å²) in [7, 11) is 1.64. The molecule has 2 aromatic rings. The van der Waals surface area contributed by atoms with Gasteiger partial charge in [-0.05, 0) is 23.7 Å². The molecule has 0 aliphatic rings.